The number of hydrogen-bond acceptors (Lipinski definition) is 3. The summed E-state index contributed by atoms with van der Waals surface area (Å²) in [4.78, 5) is 27.7. The number of rotatable bonds is 8. The number of benzene rings is 3. The first-order valence-corrected chi connectivity index (χ1v) is 12.5. The van der Waals surface area contributed by atoms with E-state index >= 15 is 0 Å². The number of anilines is 2. The lowest BCUT2D eigenvalue weighted by Crippen LogP contribution is -2.44. The molecule has 0 fully saturated rings. The quantitative estimate of drug-likeness (QED) is 0.291. The molecule has 4 aromatic rings. The van der Waals surface area contributed by atoms with E-state index in [0.717, 1.165) is 16.9 Å². The van der Waals surface area contributed by atoms with Crippen LogP contribution in [-0.2, 0) is 4.79 Å². The zero-order chi connectivity index (χ0) is 26.4. The fraction of sp³-hybridized carbons (Fsp3) is 0.233. The molecule has 0 aliphatic heterocycles. The van der Waals surface area contributed by atoms with Crippen molar-refractivity contribution in [3.8, 4) is 16.9 Å². The smallest absolute Gasteiger partial charge is 0.313 e. The normalized spacial score (nSPS) is 11.0. The Morgan fingerprint density at radius 2 is 1.46 bits per heavy atom. The van der Waals surface area contributed by atoms with Crippen LogP contribution >= 0.6 is 0 Å². The Morgan fingerprint density at radius 3 is 2.05 bits per heavy atom. The van der Waals surface area contributed by atoms with Crippen molar-refractivity contribution < 1.29 is 9.59 Å². The largest absolute Gasteiger partial charge is 0.322 e. The summed E-state index contributed by atoms with van der Waals surface area (Å²) < 4.78 is 1.70. The molecule has 3 amide bonds. The highest BCUT2D eigenvalue weighted by Crippen LogP contribution is 2.25. The van der Waals surface area contributed by atoms with Gasteiger partial charge in [-0.05, 0) is 49.6 Å². The molecule has 4 rings (SSSR count). The van der Waals surface area contributed by atoms with Gasteiger partial charge in [-0.1, -0.05) is 74.5 Å². The van der Waals surface area contributed by atoms with Gasteiger partial charge in [-0.2, -0.15) is 5.10 Å². The molecule has 7 nitrogen and oxygen atoms in total. The lowest BCUT2D eigenvalue weighted by molar-refractivity contribution is -0.117. The van der Waals surface area contributed by atoms with Crippen molar-refractivity contribution in [1.82, 2.24) is 14.7 Å². The van der Waals surface area contributed by atoms with Crippen LogP contribution in [0.4, 0.5) is 16.3 Å². The molecule has 0 unspecified atom stereocenters. The summed E-state index contributed by atoms with van der Waals surface area (Å²) in [6.07, 6.45) is 0. The van der Waals surface area contributed by atoms with Gasteiger partial charge in [0.05, 0.1) is 11.4 Å². The van der Waals surface area contributed by atoms with Crippen molar-refractivity contribution in [2.24, 2.45) is 0 Å². The van der Waals surface area contributed by atoms with E-state index in [1.165, 1.54) is 10.5 Å². The van der Waals surface area contributed by atoms with E-state index in [-0.39, 0.29) is 24.5 Å². The van der Waals surface area contributed by atoms with Gasteiger partial charge in [-0.3, -0.25) is 4.79 Å². The van der Waals surface area contributed by atoms with E-state index in [4.69, 9.17) is 5.10 Å². The molecule has 37 heavy (non-hydrogen) atoms. The van der Waals surface area contributed by atoms with E-state index < -0.39 is 0 Å². The van der Waals surface area contributed by atoms with Gasteiger partial charge in [-0.15, -0.1) is 0 Å². The topological polar surface area (TPSA) is 79.3 Å². The number of aromatic nitrogens is 2. The van der Waals surface area contributed by atoms with Crippen molar-refractivity contribution in [2.75, 3.05) is 17.2 Å². The van der Waals surface area contributed by atoms with Crippen molar-refractivity contribution in [1.29, 1.82) is 0 Å². The van der Waals surface area contributed by atoms with Gasteiger partial charge in [0.25, 0.3) is 0 Å². The zero-order valence-electron chi connectivity index (χ0n) is 21.7. The van der Waals surface area contributed by atoms with Crippen LogP contribution in [0.15, 0.2) is 91.0 Å². The maximum atomic E-state index is 13.2. The summed E-state index contributed by atoms with van der Waals surface area (Å²) in [5.41, 5.74) is 4.39. The Balaban J connectivity index is 1.51. The number of nitrogens with one attached hydrogen (secondary N) is 2. The van der Waals surface area contributed by atoms with Gasteiger partial charge in [0.2, 0.25) is 5.91 Å². The molecule has 0 saturated carbocycles. The number of carbonyl (C=O) groups is 2. The first kappa shape index (κ1) is 25.7. The summed E-state index contributed by atoms with van der Waals surface area (Å²) in [6.45, 7) is 7.92. The molecule has 2 N–H and O–H groups in total. The first-order valence-electron chi connectivity index (χ1n) is 12.5. The van der Waals surface area contributed by atoms with E-state index in [9.17, 15) is 9.59 Å². The standard InChI is InChI=1S/C30H33N5O2/c1-21(2)23-15-17-25(18-16-23)31-30(37)34(22(3)4)20-29(36)32-28-19-27(24-11-7-5-8-12-24)33-35(28)26-13-9-6-10-14-26/h5-19,21-22H,20H2,1-4H3,(H,31,37)(H,32,36). The Hall–Kier alpha value is -4.39. The highest BCUT2D eigenvalue weighted by Gasteiger charge is 2.22. The van der Waals surface area contributed by atoms with Crippen LogP contribution in [-0.4, -0.2) is 39.2 Å². The van der Waals surface area contributed by atoms with Gasteiger partial charge in [-0.25, -0.2) is 9.48 Å². The van der Waals surface area contributed by atoms with Crippen molar-refractivity contribution >= 4 is 23.4 Å². The summed E-state index contributed by atoms with van der Waals surface area (Å²) in [5.74, 6) is 0.631. The van der Waals surface area contributed by atoms with Crippen LogP contribution in [0.25, 0.3) is 16.9 Å². The van der Waals surface area contributed by atoms with Gasteiger partial charge in [0.1, 0.15) is 12.4 Å². The van der Waals surface area contributed by atoms with Crippen LogP contribution < -0.4 is 10.6 Å². The third kappa shape index (κ3) is 6.44. The third-order valence-corrected chi connectivity index (χ3v) is 6.07. The fourth-order valence-electron chi connectivity index (χ4n) is 3.96. The van der Waals surface area contributed by atoms with Gasteiger partial charge in [0.15, 0.2) is 0 Å². The molecule has 7 heteroatoms. The first-order chi connectivity index (χ1) is 17.8. The molecular formula is C30H33N5O2. The monoisotopic (exact) mass is 495 g/mol. The SMILES string of the molecule is CC(C)c1ccc(NC(=O)N(CC(=O)Nc2cc(-c3ccccc3)nn2-c2ccccc2)C(C)C)cc1. The van der Waals surface area contributed by atoms with Crippen molar-refractivity contribution in [3.63, 3.8) is 0 Å². The Labute approximate surface area is 218 Å². The molecule has 1 aromatic heterocycles. The Morgan fingerprint density at radius 1 is 0.838 bits per heavy atom. The Kier molecular flexibility index (Phi) is 8.03. The van der Waals surface area contributed by atoms with Gasteiger partial charge in [0, 0.05) is 23.4 Å². The number of hydrogen-bond donors (Lipinski definition) is 2. The van der Waals surface area contributed by atoms with Crippen LogP contribution in [0.3, 0.4) is 0 Å². The molecule has 0 radical (unpaired) electrons. The number of carbonyl (C=O) groups excluding carboxylic acids is 2. The van der Waals surface area contributed by atoms with E-state index in [2.05, 4.69) is 24.5 Å². The number of nitrogens with zero attached hydrogens (tertiary/aromatic N) is 3. The second-order valence-corrected chi connectivity index (χ2v) is 9.50. The molecule has 3 aromatic carbocycles. The minimum atomic E-state index is -0.330. The van der Waals surface area contributed by atoms with E-state index in [0.29, 0.717) is 17.4 Å². The number of urea groups is 1. The maximum absolute atomic E-state index is 13.2. The molecule has 0 aliphatic carbocycles. The van der Waals surface area contributed by atoms with Crippen molar-refractivity contribution in [3.05, 3.63) is 96.6 Å². The third-order valence-electron chi connectivity index (χ3n) is 6.07. The summed E-state index contributed by atoms with van der Waals surface area (Å²) in [5, 5.41) is 10.6. The average Bonchev–Trinajstić information content (AvgIpc) is 3.32. The lowest BCUT2D eigenvalue weighted by atomic mass is 10.0. The van der Waals surface area contributed by atoms with Crippen LogP contribution in [0.2, 0.25) is 0 Å². The summed E-state index contributed by atoms with van der Waals surface area (Å²) in [6, 6.07) is 28.5. The Bertz CT molecular complexity index is 1330. The molecular weight excluding hydrogens is 462 g/mol. The molecule has 0 aliphatic rings. The molecule has 0 saturated heterocycles. The fourth-order valence-corrected chi connectivity index (χ4v) is 3.96. The van der Waals surface area contributed by atoms with Gasteiger partial charge < -0.3 is 15.5 Å². The van der Waals surface area contributed by atoms with Crippen LogP contribution in [0.1, 0.15) is 39.2 Å². The summed E-state index contributed by atoms with van der Waals surface area (Å²) in [7, 11) is 0. The zero-order valence-corrected chi connectivity index (χ0v) is 21.7. The predicted molar refractivity (Wildman–Crippen MR) is 149 cm³/mol. The van der Waals surface area contributed by atoms with Gasteiger partial charge >= 0.3 is 6.03 Å². The molecule has 1 heterocycles. The highest BCUT2D eigenvalue weighted by atomic mass is 16.2. The van der Waals surface area contributed by atoms with E-state index in [1.807, 2.05) is 105 Å². The molecule has 0 spiro atoms. The lowest BCUT2D eigenvalue weighted by Gasteiger charge is -2.26. The second kappa shape index (κ2) is 11.6. The second-order valence-electron chi connectivity index (χ2n) is 9.50. The number of amides is 3. The average molecular weight is 496 g/mol. The van der Waals surface area contributed by atoms with Crippen LogP contribution in [0.5, 0.6) is 0 Å². The molecule has 0 atom stereocenters. The highest BCUT2D eigenvalue weighted by molar-refractivity contribution is 5.97. The van der Waals surface area contributed by atoms with Crippen molar-refractivity contribution in [2.45, 2.75) is 39.7 Å². The molecule has 190 valence electrons. The van der Waals surface area contributed by atoms with E-state index in [1.54, 1.807) is 4.68 Å². The minimum absolute atomic E-state index is 0.103. The number of para-hydroxylation sites is 1. The van der Waals surface area contributed by atoms with Crippen LogP contribution in [0, 0.1) is 0 Å². The maximum Gasteiger partial charge on any atom is 0.322 e. The molecule has 0 bridgehead atoms. The minimum Gasteiger partial charge on any atom is -0.313 e. The predicted octanol–water partition coefficient (Wildman–Crippen LogP) is 6.54. The summed E-state index contributed by atoms with van der Waals surface area (Å²) >= 11 is 0.